The molecule has 0 aliphatic carbocycles. The third-order valence-electron chi connectivity index (χ3n) is 2.50. The third-order valence-corrected chi connectivity index (χ3v) is 2.81. The Morgan fingerprint density at radius 3 is 2.82 bits per heavy atom. The largest absolute Gasteiger partial charge is 0.454 e. The molecule has 3 N–H and O–H groups in total. The zero-order valence-electron chi connectivity index (χ0n) is 9.33. The molecule has 1 aliphatic rings. The number of ether oxygens (including phenoxy) is 2. The third kappa shape index (κ3) is 2.45. The Hall–Kier alpha value is -1.46. The van der Waals surface area contributed by atoms with Crippen molar-refractivity contribution in [3.63, 3.8) is 0 Å². The second-order valence-corrected chi connectivity index (χ2v) is 4.10. The molecule has 1 heterocycles. The molecule has 17 heavy (non-hydrogen) atoms. The maximum atomic E-state index is 11.6. The Morgan fingerprint density at radius 1 is 1.53 bits per heavy atom. The van der Waals surface area contributed by atoms with Gasteiger partial charge in [0, 0.05) is 12.1 Å². The fourth-order valence-electron chi connectivity index (χ4n) is 1.42. The van der Waals surface area contributed by atoms with Gasteiger partial charge >= 0.3 is 0 Å². The molecule has 0 saturated heterocycles. The van der Waals surface area contributed by atoms with Crippen molar-refractivity contribution in [2.75, 3.05) is 12.1 Å². The van der Waals surface area contributed by atoms with Crippen molar-refractivity contribution in [1.29, 1.82) is 0 Å². The molecule has 92 valence electrons. The standard InChI is InChI=1S/C11H13ClN2O3/c1-2-7(13)11(15)14-8-4-10-9(3-6(8)12)16-5-17-10/h3-4,7H,2,5,13H2,1H3,(H,14,15). The summed E-state index contributed by atoms with van der Waals surface area (Å²) in [7, 11) is 0. The van der Waals surface area contributed by atoms with Crippen LogP contribution in [0, 0.1) is 0 Å². The summed E-state index contributed by atoms with van der Waals surface area (Å²) in [6.07, 6.45) is 0.563. The summed E-state index contributed by atoms with van der Waals surface area (Å²) in [5, 5.41) is 3.05. The molecule has 0 aromatic heterocycles. The van der Waals surface area contributed by atoms with Crippen molar-refractivity contribution < 1.29 is 14.3 Å². The number of hydrogen-bond acceptors (Lipinski definition) is 4. The van der Waals surface area contributed by atoms with Gasteiger partial charge in [-0.1, -0.05) is 18.5 Å². The second kappa shape index (κ2) is 4.81. The van der Waals surface area contributed by atoms with Gasteiger partial charge < -0.3 is 20.5 Å². The molecule has 0 spiro atoms. The van der Waals surface area contributed by atoms with E-state index in [1.165, 1.54) is 0 Å². The van der Waals surface area contributed by atoms with Crippen LogP contribution in [0.3, 0.4) is 0 Å². The molecule has 1 aliphatic heterocycles. The quantitative estimate of drug-likeness (QED) is 0.864. The van der Waals surface area contributed by atoms with Crippen molar-refractivity contribution in [3.8, 4) is 11.5 Å². The number of amides is 1. The normalized spacial score (nSPS) is 14.5. The lowest BCUT2D eigenvalue weighted by Gasteiger charge is -2.11. The highest BCUT2D eigenvalue weighted by molar-refractivity contribution is 6.34. The first-order valence-electron chi connectivity index (χ1n) is 5.27. The number of fused-ring (bicyclic) bond motifs is 1. The molecular weight excluding hydrogens is 244 g/mol. The van der Waals surface area contributed by atoms with Gasteiger partial charge in [-0.2, -0.15) is 0 Å². The molecule has 0 radical (unpaired) electrons. The first-order valence-corrected chi connectivity index (χ1v) is 5.65. The van der Waals surface area contributed by atoms with Crippen LogP contribution in [0.25, 0.3) is 0 Å². The van der Waals surface area contributed by atoms with Crippen LogP contribution in [0.1, 0.15) is 13.3 Å². The lowest BCUT2D eigenvalue weighted by Crippen LogP contribution is -2.34. The average Bonchev–Trinajstić information content (AvgIpc) is 2.75. The molecule has 1 unspecified atom stereocenters. The number of halogens is 1. The molecule has 0 saturated carbocycles. The van der Waals surface area contributed by atoms with E-state index in [1.54, 1.807) is 12.1 Å². The molecule has 1 aromatic rings. The number of hydrogen-bond donors (Lipinski definition) is 2. The molecule has 0 fully saturated rings. The molecule has 1 atom stereocenters. The van der Waals surface area contributed by atoms with E-state index in [9.17, 15) is 4.79 Å². The number of anilines is 1. The lowest BCUT2D eigenvalue weighted by molar-refractivity contribution is -0.117. The lowest BCUT2D eigenvalue weighted by atomic mass is 10.2. The van der Waals surface area contributed by atoms with Crippen molar-refractivity contribution in [2.24, 2.45) is 5.73 Å². The number of carbonyl (C=O) groups excluding carboxylic acids is 1. The Morgan fingerprint density at radius 2 is 2.18 bits per heavy atom. The second-order valence-electron chi connectivity index (χ2n) is 3.69. The van der Waals surface area contributed by atoms with Gasteiger partial charge in [-0.25, -0.2) is 0 Å². The smallest absolute Gasteiger partial charge is 0.241 e. The SMILES string of the molecule is CCC(N)C(=O)Nc1cc2c(cc1Cl)OCO2. The van der Waals surface area contributed by atoms with Gasteiger partial charge in [-0.3, -0.25) is 4.79 Å². The van der Waals surface area contributed by atoms with E-state index in [0.717, 1.165) is 0 Å². The van der Waals surface area contributed by atoms with Crippen LogP contribution in [-0.2, 0) is 4.79 Å². The number of nitrogens with one attached hydrogen (secondary N) is 1. The molecule has 1 amide bonds. The summed E-state index contributed by atoms with van der Waals surface area (Å²) in [6.45, 7) is 2.00. The van der Waals surface area contributed by atoms with Crippen LogP contribution in [0.5, 0.6) is 11.5 Å². The minimum Gasteiger partial charge on any atom is -0.454 e. The predicted molar refractivity (Wildman–Crippen MR) is 64.5 cm³/mol. The zero-order valence-corrected chi connectivity index (χ0v) is 10.1. The van der Waals surface area contributed by atoms with Gasteiger partial charge in [-0.15, -0.1) is 0 Å². The van der Waals surface area contributed by atoms with Gasteiger partial charge in [0.25, 0.3) is 0 Å². The molecular formula is C11H13ClN2O3. The van der Waals surface area contributed by atoms with Crippen molar-refractivity contribution >= 4 is 23.2 Å². The van der Waals surface area contributed by atoms with E-state index >= 15 is 0 Å². The first-order chi connectivity index (χ1) is 8.11. The van der Waals surface area contributed by atoms with Gasteiger partial charge in [0.2, 0.25) is 12.7 Å². The van der Waals surface area contributed by atoms with E-state index in [-0.39, 0.29) is 12.7 Å². The molecule has 2 rings (SSSR count). The minimum absolute atomic E-state index is 0.164. The Balaban J connectivity index is 2.19. The van der Waals surface area contributed by atoms with Gasteiger partial charge in [-0.05, 0) is 6.42 Å². The van der Waals surface area contributed by atoms with E-state index < -0.39 is 6.04 Å². The van der Waals surface area contributed by atoms with Crippen molar-refractivity contribution in [3.05, 3.63) is 17.2 Å². The molecule has 5 nitrogen and oxygen atoms in total. The van der Waals surface area contributed by atoms with Gasteiger partial charge in [0.1, 0.15) is 0 Å². The van der Waals surface area contributed by atoms with E-state index in [2.05, 4.69) is 5.32 Å². The zero-order chi connectivity index (χ0) is 12.4. The highest BCUT2D eigenvalue weighted by Gasteiger charge is 2.19. The van der Waals surface area contributed by atoms with E-state index in [0.29, 0.717) is 28.6 Å². The summed E-state index contributed by atoms with van der Waals surface area (Å²) in [6, 6.07) is 2.69. The highest BCUT2D eigenvalue weighted by Crippen LogP contribution is 2.39. The molecule has 6 heteroatoms. The van der Waals surface area contributed by atoms with Crippen LogP contribution in [0.2, 0.25) is 5.02 Å². The first kappa shape index (κ1) is 12.0. The topological polar surface area (TPSA) is 73.6 Å². The Labute approximate surface area is 104 Å². The van der Waals surface area contributed by atoms with Crippen LogP contribution in [0.4, 0.5) is 5.69 Å². The molecule has 1 aromatic carbocycles. The monoisotopic (exact) mass is 256 g/mol. The number of benzene rings is 1. The molecule has 0 bridgehead atoms. The Kier molecular flexibility index (Phi) is 3.40. The minimum atomic E-state index is -0.545. The van der Waals surface area contributed by atoms with E-state index in [4.69, 9.17) is 26.8 Å². The number of rotatable bonds is 3. The maximum Gasteiger partial charge on any atom is 0.241 e. The van der Waals surface area contributed by atoms with Crippen LogP contribution in [0.15, 0.2) is 12.1 Å². The fraction of sp³-hybridized carbons (Fsp3) is 0.364. The Bertz CT molecular complexity index is 451. The fourth-order valence-corrected chi connectivity index (χ4v) is 1.62. The summed E-state index contributed by atoms with van der Waals surface area (Å²) in [5.74, 6) is 0.871. The summed E-state index contributed by atoms with van der Waals surface area (Å²) >= 11 is 6.01. The van der Waals surface area contributed by atoms with Crippen LogP contribution < -0.4 is 20.5 Å². The number of nitrogens with two attached hydrogens (primary N) is 1. The van der Waals surface area contributed by atoms with E-state index in [1.807, 2.05) is 6.92 Å². The highest BCUT2D eigenvalue weighted by atomic mass is 35.5. The van der Waals surface area contributed by atoms with Crippen molar-refractivity contribution in [2.45, 2.75) is 19.4 Å². The van der Waals surface area contributed by atoms with Crippen LogP contribution >= 0.6 is 11.6 Å². The van der Waals surface area contributed by atoms with Gasteiger partial charge in [0.05, 0.1) is 16.8 Å². The van der Waals surface area contributed by atoms with Crippen LogP contribution in [-0.4, -0.2) is 18.7 Å². The maximum absolute atomic E-state index is 11.6. The number of carbonyl (C=O) groups is 1. The predicted octanol–water partition coefficient (Wildman–Crippen LogP) is 1.74. The van der Waals surface area contributed by atoms with Crippen molar-refractivity contribution in [1.82, 2.24) is 0 Å². The summed E-state index contributed by atoms with van der Waals surface area (Å²) < 4.78 is 10.4. The summed E-state index contributed by atoms with van der Waals surface area (Å²) in [4.78, 5) is 11.6. The average molecular weight is 257 g/mol. The van der Waals surface area contributed by atoms with Gasteiger partial charge in [0.15, 0.2) is 11.5 Å². The summed E-state index contributed by atoms with van der Waals surface area (Å²) in [5.41, 5.74) is 6.09.